The molecule has 0 unspecified atom stereocenters. The number of aryl methyl sites for hydroxylation is 1. The number of piperidine rings is 1. The molecule has 1 fully saturated rings. The molecular weight excluding hydrogens is 376 g/mol. The molecule has 0 radical (unpaired) electrons. The first-order chi connectivity index (χ1) is 14.7. The van der Waals surface area contributed by atoms with Crippen molar-refractivity contribution in [1.29, 1.82) is 0 Å². The molecule has 1 saturated heterocycles. The third-order valence-electron chi connectivity index (χ3n) is 5.90. The highest BCUT2D eigenvalue weighted by atomic mass is 16.5. The lowest BCUT2D eigenvalue weighted by atomic mass is 9.97. The third-order valence-corrected chi connectivity index (χ3v) is 5.90. The minimum absolute atomic E-state index is 0.306. The second-order valence-corrected chi connectivity index (χ2v) is 7.97. The Morgan fingerprint density at radius 3 is 2.60 bits per heavy atom. The van der Waals surface area contributed by atoms with E-state index in [1.165, 1.54) is 11.1 Å². The van der Waals surface area contributed by atoms with E-state index < -0.39 is 0 Å². The Morgan fingerprint density at radius 1 is 1.10 bits per heavy atom. The average molecular weight is 407 g/mol. The predicted octanol–water partition coefficient (Wildman–Crippen LogP) is 4.12. The number of hydrogen-bond donors (Lipinski definition) is 2. The number of aliphatic hydroxyl groups excluding tert-OH is 1. The molecule has 0 spiro atoms. The van der Waals surface area contributed by atoms with E-state index in [1.54, 1.807) is 0 Å². The Labute approximate surface area is 177 Å². The number of benzene rings is 2. The SMILES string of the molecule is CCc1ccc(-c2noc(CNc3ccccc3CN3CCC(CO)CC3)n2)cc1. The molecule has 1 aliphatic heterocycles. The van der Waals surface area contributed by atoms with Crippen LogP contribution >= 0.6 is 0 Å². The zero-order chi connectivity index (χ0) is 20.8. The summed E-state index contributed by atoms with van der Waals surface area (Å²) in [6.07, 6.45) is 3.15. The van der Waals surface area contributed by atoms with Gasteiger partial charge in [-0.05, 0) is 55.5 Å². The molecule has 0 saturated carbocycles. The minimum Gasteiger partial charge on any atom is -0.396 e. The molecule has 1 aromatic heterocycles. The Hall–Kier alpha value is -2.70. The number of anilines is 1. The average Bonchev–Trinajstić information content (AvgIpc) is 3.28. The maximum absolute atomic E-state index is 9.34. The van der Waals surface area contributed by atoms with Crippen molar-refractivity contribution in [1.82, 2.24) is 15.0 Å². The first kappa shape index (κ1) is 20.6. The van der Waals surface area contributed by atoms with Gasteiger partial charge in [-0.1, -0.05) is 54.5 Å². The summed E-state index contributed by atoms with van der Waals surface area (Å²) in [5, 5.41) is 16.9. The zero-order valence-corrected chi connectivity index (χ0v) is 17.6. The van der Waals surface area contributed by atoms with E-state index in [2.05, 4.69) is 57.6 Å². The van der Waals surface area contributed by atoms with Gasteiger partial charge in [0, 0.05) is 24.4 Å². The normalized spacial score (nSPS) is 15.4. The molecule has 1 aliphatic rings. The van der Waals surface area contributed by atoms with E-state index in [4.69, 9.17) is 4.52 Å². The predicted molar refractivity (Wildman–Crippen MR) is 118 cm³/mol. The Kier molecular flexibility index (Phi) is 6.77. The highest BCUT2D eigenvalue weighted by Gasteiger charge is 2.19. The second kappa shape index (κ2) is 9.87. The molecule has 2 aromatic carbocycles. The van der Waals surface area contributed by atoms with Crippen molar-refractivity contribution in [2.45, 2.75) is 39.3 Å². The number of likely N-dealkylation sites (tertiary alicyclic amines) is 1. The zero-order valence-electron chi connectivity index (χ0n) is 17.6. The fourth-order valence-corrected chi connectivity index (χ4v) is 3.90. The molecule has 3 aromatic rings. The van der Waals surface area contributed by atoms with E-state index in [1.807, 2.05) is 18.2 Å². The van der Waals surface area contributed by atoms with Crippen molar-refractivity contribution in [3.8, 4) is 11.4 Å². The second-order valence-electron chi connectivity index (χ2n) is 7.97. The van der Waals surface area contributed by atoms with Gasteiger partial charge in [-0.15, -0.1) is 0 Å². The third kappa shape index (κ3) is 5.07. The van der Waals surface area contributed by atoms with Gasteiger partial charge in [-0.2, -0.15) is 4.98 Å². The first-order valence-corrected chi connectivity index (χ1v) is 10.8. The summed E-state index contributed by atoms with van der Waals surface area (Å²) in [4.78, 5) is 7.00. The highest BCUT2D eigenvalue weighted by molar-refractivity contribution is 5.55. The Morgan fingerprint density at radius 2 is 1.87 bits per heavy atom. The van der Waals surface area contributed by atoms with Crippen LogP contribution in [0.5, 0.6) is 0 Å². The molecule has 4 rings (SSSR count). The lowest BCUT2D eigenvalue weighted by Crippen LogP contribution is -2.34. The van der Waals surface area contributed by atoms with Gasteiger partial charge in [0.25, 0.3) is 0 Å². The van der Waals surface area contributed by atoms with Crippen molar-refractivity contribution in [2.75, 3.05) is 25.0 Å². The van der Waals surface area contributed by atoms with Crippen molar-refractivity contribution in [2.24, 2.45) is 5.92 Å². The molecule has 0 atom stereocenters. The summed E-state index contributed by atoms with van der Waals surface area (Å²) in [6, 6.07) is 16.6. The first-order valence-electron chi connectivity index (χ1n) is 10.8. The number of nitrogens with one attached hydrogen (secondary N) is 1. The van der Waals surface area contributed by atoms with Crippen molar-refractivity contribution in [3.63, 3.8) is 0 Å². The Bertz CT molecular complexity index is 930. The number of aromatic nitrogens is 2. The van der Waals surface area contributed by atoms with Gasteiger partial charge in [0.05, 0.1) is 6.54 Å². The van der Waals surface area contributed by atoms with E-state index >= 15 is 0 Å². The number of aliphatic hydroxyl groups is 1. The molecule has 0 bridgehead atoms. The maximum Gasteiger partial charge on any atom is 0.246 e. The quantitative estimate of drug-likeness (QED) is 0.586. The molecule has 6 nitrogen and oxygen atoms in total. The molecular formula is C24H30N4O2. The van der Waals surface area contributed by atoms with Gasteiger partial charge >= 0.3 is 0 Å². The summed E-state index contributed by atoms with van der Waals surface area (Å²) < 4.78 is 5.45. The van der Waals surface area contributed by atoms with Crippen LogP contribution < -0.4 is 5.32 Å². The molecule has 6 heteroatoms. The van der Waals surface area contributed by atoms with Crippen LogP contribution in [0.1, 0.15) is 36.8 Å². The lowest BCUT2D eigenvalue weighted by molar-refractivity contribution is 0.127. The van der Waals surface area contributed by atoms with E-state index in [0.717, 1.165) is 50.1 Å². The summed E-state index contributed by atoms with van der Waals surface area (Å²) in [5.74, 6) is 1.65. The Balaban J connectivity index is 1.37. The van der Waals surface area contributed by atoms with Gasteiger partial charge in [0.15, 0.2) is 0 Å². The summed E-state index contributed by atoms with van der Waals surface area (Å²) >= 11 is 0. The largest absolute Gasteiger partial charge is 0.396 e. The minimum atomic E-state index is 0.306. The summed E-state index contributed by atoms with van der Waals surface area (Å²) in [7, 11) is 0. The van der Waals surface area contributed by atoms with E-state index in [9.17, 15) is 5.11 Å². The van der Waals surface area contributed by atoms with E-state index in [0.29, 0.717) is 30.8 Å². The van der Waals surface area contributed by atoms with Crippen molar-refractivity contribution >= 4 is 5.69 Å². The molecule has 0 aliphatic carbocycles. The fraction of sp³-hybridized carbons (Fsp3) is 0.417. The topological polar surface area (TPSA) is 74.4 Å². The fourth-order valence-electron chi connectivity index (χ4n) is 3.90. The van der Waals surface area contributed by atoms with E-state index in [-0.39, 0.29) is 0 Å². The molecule has 2 heterocycles. The number of para-hydroxylation sites is 1. The van der Waals surface area contributed by atoms with Crippen LogP contribution in [-0.2, 0) is 19.5 Å². The number of hydrogen-bond acceptors (Lipinski definition) is 6. The van der Waals surface area contributed by atoms with Crippen LogP contribution in [0.3, 0.4) is 0 Å². The summed E-state index contributed by atoms with van der Waals surface area (Å²) in [6.45, 7) is 5.90. The van der Waals surface area contributed by atoms with Crippen LogP contribution in [0.4, 0.5) is 5.69 Å². The summed E-state index contributed by atoms with van der Waals surface area (Å²) in [5.41, 5.74) is 4.61. The standard InChI is InChI=1S/C24H30N4O2/c1-2-18-7-9-20(10-8-18)24-26-23(30-27-24)15-25-22-6-4-3-5-21(22)16-28-13-11-19(17-29)12-14-28/h3-10,19,25,29H,2,11-17H2,1H3. The van der Waals surface area contributed by atoms with Crippen LogP contribution in [-0.4, -0.2) is 39.8 Å². The van der Waals surface area contributed by atoms with Crippen molar-refractivity contribution < 1.29 is 9.63 Å². The van der Waals surface area contributed by atoms with Gasteiger partial charge in [-0.25, -0.2) is 0 Å². The van der Waals surface area contributed by atoms with Crippen LogP contribution in [0.25, 0.3) is 11.4 Å². The number of rotatable bonds is 8. The van der Waals surface area contributed by atoms with Gasteiger partial charge in [0.1, 0.15) is 0 Å². The van der Waals surface area contributed by atoms with Crippen molar-refractivity contribution in [3.05, 3.63) is 65.5 Å². The van der Waals surface area contributed by atoms with Gasteiger partial charge in [0.2, 0.25) is 11.7 Å². The van der Waals surface area contributed by atoms with Crippen LogP contribution in [0.2, 0.25) is 0 Å². The molecule has 30 heavy (non-hydrogen) atoms. The lowest BCUT2D eigenvalue weighted by Gasteiger charge is -2.31. The molecule has 2 N–H and O–H groups in total. The van der Waals surface area contributed by atoms with Gasteiger partial charge < -0.3 is 14.9 Å². The van der Waals surface area contributed by atoms with Crippen LogP contribution in [0.15, 0.2) is 53.1 Å². The molecule has 0 amide bonds. The maximum atomic E-state index is 9.34. The number of nitrogens with zero attached hydrogens (tertiary/aromatic N) is 3. The molecule has 158 valence electrons. The smallest absolute Gasteiger partial charge is 0.246 e. The van der Waals surface area contributed by atoms with Crippen LogP contribution in [0, 0.1) is 5.92 Å². The monoisotopic (exact) mass is 406 g/mol. The van der Waals surface area contributed by atoms with Gasteiger partial charge in [-0.3, -0.25) is 4.90 Å². The highest BCUT2D eigenvalue weighted by Crippen LogP contribution is 2.23.